The van der Waals surface area contributed by atoms with Gasteiger partial charge < -0.3 is 0 Å². The summed E-state index contributed by atoms with van der Waals surface area (Å²) in [4.78, 5) is 25.4. The fourth-order valence-corrected chi connectivity index (χ4v) is 3.00. The predicted molar refractivity (Wildman–Crippen MR) is 82.5 cm³/mol. The summed E-state index contributed by atoms with van der Waals surface area (Å²) in [6.07, 6.45) is 0. The molecular formula is C15H13N3O2S. The van der Waals surface area contributed by atoms with Crippen LogP contribution in [0.15, 0.2) is 41.2 Å². The third kappa shape index (κ3) is 2.38. The lowest BCUT2D eigenvalue weighted by Gasteiger charge is -2.08. The Morgan fingerprint density at radius 3 is 2.67 bits per heavy atom. The molecule has 0 amide bonds. The van der Waals surface area contributed by atoms with E-state index in [1.54, 1.807) is 6.92 Å². The van der Waals surface area contributed by atoms with Crippen LogP contribution in [0, 0.1) is 0 Å². The number of thiophene rings is 1. The highest BCUT2D eigenvalue weighted by Crippen LogP contribution is 2.30. The van der Waals surface area contributed by atoms with Crippen molar-refractivity contribution in [3.63, 3.8) is 0 Å². The van der Waals surface area contributed by atoms with E-state index in [0.717, 1.165) is 15.1 Å². The van der Waals surface area contributed by atoms with E-state index in [1.165, 1.54) is 18.3 Å². The first-order valence-electron chi connectivity index (χ1n) is 6.53. The summed E-state index contributed by atoms with van der Waals surface area (Å²) in [5.74, 6) is -0.121. The normalized spacial score (nSPS) is 12.5. The van der Waals surface area contributed by atoms with Crippen LogP contribution in [0.1, 0.15) is 19.9 Å². The van der Waals surface area contributed by atoms with Crippen molar-refractivity contribution < 1.29 is 4.79 Å². The zero-order chi connectivity index (χ0) is 15.0. The van der Waals surface area contributed by atoms with Crippen LogP contribution in [-0.4, -0.2) is 20.8 Å². The summed E-state index contributed by atoms with van der Waals surface area (Å²) >= 11 is 1.42. The van der Waals surface area contributed by atoms with Gasteiger partial charge in [0.25, 0.3) is 5.56 Å². The molecule has 0 aliphatic heterocycles. The van der Waals surface area contributed by atoms with Gasteiger partial charge in [0.15, 0.2) is 10.6 Å². The Morgan fingerprint density at radius 1 is 1.29 bits per heavy atom. The number of carbonyl (C=O) groups is 1. The van der Waals surface area contributed by atoms with Crippen molar-refractivity contribution >= 4 is 27.3 Å². The minimum absolute atomic E-state index is 0.121. The van der Waals surface area contributed by atoms with Gasteiger partial charge in [-0.1, -0.05) is 35.5 Å². The first-order valence-corrected chi connectivity index (χ1v) is 7.34. The number of rotatable bonds is 3. The van der Waals surface area contributed by atoms with Crippen LogP contribution in [-0.2, 0) is 4.79 Å². The average Bonchev–Trinajstić information content (AvgIpc) is 2.93. The zero-order valence-corrected chi connectivity index (χ0v) is 12.4. The lowest BCUT2D eigenvalue weighted by atomic mass is 10.2. The van der Waals surface area contributed by atoms with Crippen LogP contribution in [0.5, 0.6) is 0 Å². The predicted octanol–water partition coefficient (Wildman–Crippen LogP) is 2.67. The van der Waals surface area contributed by atoms with Crippen molar-refractivity contribution in [3.05, 3.63) is 46.8 Å². The first kappa shape index (κ1) is 13.6. The molecule has 0 fully saturated rings. The Morgan fingerprint density at radius 2 is 2.00 bits per heavy atom. The Balaban J connectivity index is 2.17. The molecule has 2 aromatic heterocycles. The number of hydrogen-bond donors (Lipinski definition) is 0. The maximum atomic E-state index is 12.4. The molecule has 0 bridgehead atoms. The number of carbonyl (C=O) groups excluding carboxylic acids is 1. The third-order valence-electron chi connectivity index (χ3n) is 3.40. The number of nitrogens with zero attached hydrogens (tertiary/aromatic N) is 3. The van der Waals surface area contributed by atoms with E-state index < -0.39 is 6.04 Å². The molecule has 0 saturated heterocycles. The molecule has 0 saturated carbocycles. The van der Waals surface area contributed by atoms with Crippen LogP contribution in [0.25, 0.3) is 20.7 Å². The molecule has 5 nitrogen and oxygen atoms in total. The SMILES string of the molecule is CC(=O)[C@@H](C)n1nnc2sc(-c3ccccc3)cc2c1=O. The lowest BCUT2D eigenvalue weighted by Crippen LogP contribution is -2.29. The molecule has 0 aliphatic rings. The molecule has 0 N–H and O–H groups in total. The summed E-state index contributed by atoms with van der Waals surface area (Å²) in [5, 5.41) is 8.45. The number of aromatic nitrogens is 3. The average molecular weight is 299 g/mol. The minimum atomic E-state index is -0.602. The number of fused-ring (bicyclic) bond motifs is 1. The van der Waals surface area contributed by atoms with Crippen molar-refractivity contribution in [3.8, 4) is 10.4 Å². The molecule has 1 aromatic carbocycles. The highest BCUT2D eigenvalue weighted by molar-refractivity contribution is 7.21. The van der Waals surface area contributed by atoms with Crippen LogP contribution >= 0.6 is 11.3 Å². The number of ketones is 1. The fraction of sp³-hybridized carbons (Fsp3) is 0.200. The van der Waals surface area contributed by atoms with Crippen molar-refractivity contribution in [1.82, 2.24) is 15.0 Å². The second-order valence-electron chi connectivity index (χ2n) is 4.82. The Labute approximate surface area is 124 Å². The first-order chi connectivity index (χ1) is 10.1. The Bertz CT molecular complexity index is 868. The smallest absolute Gasteiger partial charge is 0.279 e. The topological polar surface area (TPSA) is 64.8 Å². The molecule has 21 heavy (non-hydrogen) atoms. The molecule has 3 aromatic rings. The van der Waals surface area contributed by atoms with Gasteiger partial charge >= 0.3 is 0 Å². The standard InChI is InChI=1S/C15H13N3O2S/c1-9(10(2)19)18-15(20)12-8-13(21-14(12)16-17-18)11-6-4-3-5-7-11/h3-9H,1-2H3/t9-/m1/s1. The largest absolute Gasteiger partial charge is 0.298 e. The molecule has 2 heterocycles. The van der Waals surface area contributed by atoms with E-state index in [-0.39, 0.29) is 11.3 Å². The van der Waals surface area contributed by atoms with Crippen molar-refractivity contribution in [2.45, 2.75) is 19.9 Å². The summed E-state index contributed by atoms with van der Waals surface area (Å²) in [5.41, 5.74) is 0.757. The van der Waals surface area contributed by atoms with E-state index in [1.807, 2.05) is 36.4 Å². The summed E-state index contributed by atoms with van der Waals surface area (Å²) in [6, 6.07) is 11.0. The third-order valence-corrected chi connectivity index (χ3v) is 4.46. The van der Waals surface area contributed by atoms with Gasteiger partial charge in [-0.05, 0) is 25.5 Å². The molecule has 6 heteroatoms. The molecule has 3 rings (SSSR count). The highest BCUT2D eigenvalue weighted by atomic mass is 32.1. The van der Waals surface area contributed by atoms with Gasteiger partial charge in [-0.25, -0.2) is 4.68 Å². The van der Waals surface area contributed by atoms with Gasteiger partial charge in [0.1, 0.15) is 6.04 Å². The van der Waals surface area contributed by atoms with Crippen LogP contribution in [0.4, 0.5) is 0 Å². The van der Waals surface area contributed by atoms with E-state index in [0.29, 0.717) is 10.2 Å². The molecule has 0 aliphatic carbocycles. The van der Waals surface area contributed by atoms with Crippen LogP contribution < -0.4 is 5.56 Å². The van der Waals surface area contributed by atoms with Gasteiger partial charge in [0.2, 0.25) is 0 Å². The molecular weight excluding hydrogens is 286 g/mol. The number of Topliss-reactive ketones (excluding diaryl/α,β-unsaturated/α-hetero) is 1. The van der Waals surface area contributed by atoms with E-state index >= 15 is 0 Å². The van der Waals surface area contributed by atoms with Crippen molar-refractivity contribution in [1.29, 1.82) is 0 Å². The maximum Gasteiger partial charge on any atom is 0.279 e. The van der Waals surface area contributed by atoms with E-state index in [9.17, 15) is 9.59 Å². The van der Waals surface area contributed by atoms with Gasteiger partial charge in [-0.3, -0.25) is 9.59 Å². The minimum Gasteiger partial charge on any atom is -0.298 e. The quantitative estimate of drug-likeness (QED) is 0.746. The zero-order valence-electron chi connectivity index (χ0n) is 11.6. The molecule has 0 unspecified atom stereocenters. The van der Waals surface area contributed by atoms with Crippen molar-refractivity contribution in [2.24, 2.45) is 0 Å². The van der Waals surface area contributed by atoms with Crippen LogP contribution in [0.3, 0.4) is 0 Å². The van der Waals surface area contributed by atoms with Crippen LogP contribution in [0.2, 0.25) is 0 Å². The highest BCUT2D eigenvalue weighted by Gasteiger charge is 2.17. The summed E-state index contributed by atoms with van der Waals surface area (Å²) < 4.78 is 1.14. The monoisotopic (exact) mass is 299 g/mol. The molecule has 0 radical (unpaired) electrons. The second-order valence-corrected chi connectivity index (χ2v) is 5.85. The maximum absolute atomic E-state index is 12.4. The van der Waals surface area contributed by atoms with Gasteiger partial charge in [-0.2, -0.15) is 0 Å². The van der Waals surface area contributed by atoms with Gasteiger partial charge in [-0.15, -0.1) is 16.4 Å². The summed E-state index contributed by atoms with van der Waals surface area (Å²) in [6.45, 7) is 3.08. The van der Waals surface area contributed by atoms with E-state index in [4.69, 9.17) is 0 Å². The lowest BCUT2D eigenvalue weighted by molar-refractivity contribution is -0.120. The molecule has 1 atom stereocenters. The fourth-order valence-electron chi connectivity index (χ4n) is 2.03. The molecule has 0 spiro atoms. The Kier molecular flexibility index (Phi) is 3.39. The van der Waals surface area contributed by atoms with Crippen molar-refractivity contribution in [2.75, 3.05) is 0 Å². The second kappa shape index (κ2) is 5.21. The van der Waals surface area contributed by atoms with E-state index in [2.05, 4.69) is 10.3 Å². The molecule has 106 valence electrons. The number of benzene rings is 1. The summed E-state index contributed by atoms with van der Waals surface area (Å²) in [7, 11) is 0. The van der Waals surface area contributed by atoms with Gasteiger partial charge in [0, 0.05) is 4.88 Å². The Hall–Kier alpha value is -2.34. The number of hydrogen-bond acceptors (Lipinski definition) is 5. The van der Waals surface area contributed by atoms with Gasteiger partial charge in [0.05, 0.1) is 5.39 Å².